The Kier molecular flexibility index (Phi) is 2.09. The van der Waals surface area contributed by atoms with Crippen molar-refractivity contribution in [2.45, 2.75) is 26.2 Å². The van der Waals surface area contributed by atoms with Gasteiger partial charge < -0.3 is 4.57 Å². The molecule has 1 aromatic rings. The van der Waals surface area contributed by atoms with Crippen LogP contribution < -0.4 is 5.56 Å². The SMILES string of the molecule is Cn1cc(C(C)(C)C)ccc1=O. The topological polar surface area (TPSA) is 22.0 Å². The zero-order valence-electron chi connectivity index (χ0n) is 8.09. The van der Waals surface area contributed by atoms with Crippen LogP contribution in [0.15, 0.2) is 23.1 Å². The van der Waals surface area contributed by atoms with Crippen LogP contribution >= 0.6 is 0 Å². The highest BCUT2D eigenvalue weighted by molar-refractivity contribution is 5.18. The van der Waals surface area contributed by atoms with Gasteiger partial charge in [0.2, 0.25) is 5.56 Å². The van der Waals surface area contributed by atoms with E-state index in [1.165, 1.54) is 5.56 Å². The van der Waals surface area contributed by atoms with Gasteiger partial charge >= 0.3 is 0 Å². The predicted octanol–water partition coefficient (Wildman–Crippen LogP) is 1.68. The summed E-state index contributed by atoms with van der Waals surface area (Å²) in [5.41, 5.74) is 1.35. The molecule has 0 spiro atoms. The second-order valence-electron chi connectivity index (χ2n) is 4.12. The molecule has 0 unspecified atom stereocenters. The summed E-state index contributed by atoms with van der Waals surface area (Å²) in [7, 11) is 1.78. The molecule has 66 valence electrons. The maximum absolute atomic E-state index is 11.1. The fraction of sp³-hybridized carbons (Fsp3) is 0.500. The second kappa shape index (κ2) is 2.77. The van der Waals surface area contributed by atoms with Crippen LogP contribution in [0.4, 0.5) is 0 Å². The number of rotatable bonds is 0. The Morgan fingerprint density at radius 2 is 1.83 bits per heavy atom. The van der Waals surface area contributed by atoms with Crippen molar-refractivity contribution in [2.75, 3.05) is 0 Å². The van der Waals surface area contributed by atoms with E-state index in [1.807, 2.05) is 12.3 Å². The van der Waals surface area contributed by atoms with Crippen LogP contribution in [0.1, 0.15) is 26.3 Å². The quantitative estimate of drug-likeness (QED) is 0.573. The summed E-state index contributed by atoms with van der Waals surface area (Å²) in [6, 6.07) is 3.50. The predicted molar refractivity (Wildman–Crippen MR) is 50.4 cm³/mol. The van der Waals surface area contributed by atoms with Crippen molar-refractivity contribution >= 4 is 0 Å². The molecule has 0 aliphatic carbocycles. The van der Waals surface area contributed by atoms with Gasteiger partial charge in [-0.25, -0.2) is 0 Å². The van der Waals surface area contributed by atoms with Crippen molar-refractivity contribution in [1.29, 1.82) is 0 Å². The zero-order valence-corrected chi connectivity index (χ0v) is 8.09. The van der Waals surface area contributed by atoms with E-state index in [0.29, 0.717) is 0 Å². The number of nitrogens with zero attached hydrogens (tertiary/aromatic N) is 1. The molecule has 0 radical (unpaired) electrons. The Morgan fingerprint density at radius 3 is 2.25 bits per heavy atom. The summed E-state index contributed by atoms with van der Waals surface area (Å²) in [6.07, 6.45) is 1.89. The third-order valence-electron chi connectivity index (χ3n) is 1.95. The van der Waals surface area contributed by atoms with Crippen molar-refractivity contribution < 1.29 is 0 Å². The Morgan fingerprint density at radius 1 is 1.25 bits per heavy atom. The molecule has 0 aliphatic heterocycles. The molecule has 0 atom stereocenters. The molecule has 0 saturated carbocycles. The normalized spacial score (nSPS) is 11.7. The minimum atomic E-state index is 0.0444. The molecular weight excluding hydrogens is 150 g/mol. The fourth-order valence-corrected chi connectivity index (χ4v) is 1.04. The molecule has 1 rings (SSSR count). The number of hydrogen-bond donors (Lipinski definition) is 0. The van der Waals surface area contributed by atoms with Crippen LogP contribution in [0.25, 0.3) is 0 Å². The first kappa shape index (κ1) is 9.04. The Hall–Kier alpha value is -1.05. The van der Waals surface area contributed by atoms with Crippen molar-refractivity contribution in [3.05, 3.63) is 34.2 Å². The lowest BCUT2D eigenvalue weighted by atomic mass is 9.88. The Labute approximate surface area is 72.8 Å². The minimum absolute atomic E-state index is 0.0444. The van der Waals surface area contributed by atoms with Gasteiger partial charge in [0.05, 0.1) is 0 Å². The second-order valence-corrected chi connectivity index (χ2v) is 4.12. The van der Waals surface area contributed by atoms with Gasteiger partial charge in [-0.2, -0.15) is 0 Å². The molecule has 2 nitrogen and oxygen atoms in total. The number of hydrogen-bond acceptors (Lipinski definition) is 1. The van der Waals surface area contributed by atoms with Gasteiger partial charge in [-0.1, -0.05) is 26.8 Å². The van der Waals surface area contributed by atoms with Crippen LogP contribution in [-0.2, 0) is 12.5 Å². The first-order chi connectivity index (χ1) is 5.41. The van der Waals surface area contributed by atoms with Gasteiger partial charge in [0.25, 0.3) is 0 Å². The molecular formula is C10H15NO. The average molecular weight is 165 g/mol. The van der Waals surface area contributed by atoms with E-state index < -0.39 is 0 Å². The monoisotopic (exact) mass is 165 g/mol. The highest BCUT2D eigenvalue weighted by Gasteiger charge is 2.13. The highest BCUT2D eigenvalue weighted by atomic mass is 16.1. The molecule has 1 aromatic heterocycles. The van der Waals surface area contributed by atoms with Gasteiger partial charge in [0.1, 0.15) is 0 Å². The highest BCUT2D eigenvalue weighted by Crippen LogP contribution is 2.19. The van der Waals surface area contributed by atoms with Crippen molar-refractivity contribution in [2.24, 2.45) is 7.05 Å². The first-order valence-corrected chi connectivity index (χ1v) is 4.08. The van der Waals surface area contributed by atoms with Crippen LogP contribution in [-0.4, -0.2) is 4.57 Å². The van der Waals surface area contributed by atoms with Gasteiger partial charge in [-0.05, 0) is 11.0 Å². The van der Waals surface area contributed by atoms with Crippen LogP contribution in [0, 0.1) is 0 Å². The fourth-order valence-electron chi connectivity index (χ4n) is 1.04. The zero-order chi connectivity index (χ0) is 9.35. The van der Waals surface area contributed by atoms with E-state index >= 15 is 0 Å². The summed E-state index contributed by atoms with van der Waals surface area (Å²) >= 11 is 0. The van der Waals surface area contributed by atoms with Crippen LogP contribution in [0.5, 0.6) is 0 Å². The molecule has 12 heavy (non-hydrogen) atoms. The summed E-state index contributed by atoms with van der Waals surface area (Å²) in [5.74, 6) is 0. The number of aromatic nitrogens is 1. The van der Waals surface area contributed by atoms with Gasteiger partial charge in [-0.3, -0.25) is 4.79 Å². The largest absolute Gasteiger partial charge is 0.318 e. The summed E-state index contributed by atoms with van der Waals surface area (Å²) < 4.78 is 1.61. The standard InChI is InChI=1S/C10H15NO/c1-10(2,3)8-5-6-9(12)11(4)7-8/h5-7H,1-4H3. The molecule has 0 amide bonds. The van der Waals surface area contributed by atoms with E-state index in [4.69, 9.17) is 0 Å². The summed E-state index contributed by atoms with van der Waals surface area (Å²) in [6.45, 7) is 6.40. The van der Waals surface area contributed by atoms with E-state index in [0.717, 1.165) is 0 Å². The van der Waals surface area contributed by atoms with Gasteiger partial charge in [-0.15, -0.1) is 0 Å². The maximum atomic E-state index is 11.1. The summed E-state index contributed by atoms with van der Waals surface area (Å²) in [5, 5.41) is 0. The van der Waals surface area contributed by atoms with E-state index in [-0.39, 0.29) is 11.0 Å². The molecule has 0 saturated heterocycles. The van der Waals surface area contributed by atoms with E-state index in [1.54, 1.807) is 17.7 Å². The van der Waals surface area contributed by atoms with Crippen LogP contribution in [0.2, 0.25) is 0 Å². The van der Waals surface area contributed by atoms with Crippen LogP contribution in [0.3, 0.4) is 0 Å². The number of aryl methyl sites for hydroxylation is 1. The van der Waals surface area contributed by atoms with Crippen molar-refractivity contribution in [3.8, 4) is 0 Å². The van der Waals surface area contributed by atoms with E-state index in [2.05, 4.69) is 20.8 Å². The number of pyridine rings is 1. The first-order valence-electron chi connectivity index (χ1n) is 4.08. The third kappa shape index (κ3) is 1.76. The lowest BCUT2D eigenvalue weighted by Gasteiger charge is -2.19. The summed E-state index contributed by atoms with van der Waals surface area (Å²) in [4.78, 5) is 11.1. The lowest BCUT2D eigenvalue weighted by molar-refractivity contribution is 0.580. The molecule has 0 fully saturated rings. The smallest absolute Gasteiger partial charge is 0.250 e. The molecule has 2 heteroatoms. The van der Waals surface area contributed by atoms with Gasteiger partial charge in [0.15, 0.2) is 0 Å². The molecule has 1 heterocycles. The lowest BCUT2D eigenvalue weighted by Crippen LogP contribution is -2.19. The third-order valence-corrected chi connectivity index (χ3v) is 1.95. The molecule has 0 aliphatic rings. The van der Waals surface area contributed by atoms with E-state index in [9.17, 15) is 4.79 Å². The van der Waals surface area contributed by atoms with Gasteiger partial charge in [0, 0.05) is 19.3 Å². The minimum Gasteiger partial charge on any atom is -0.318 e. The Bertz CT molecular complexity index is 330. The van der Waals surface area contributed by atoms with Crippen molar-refractivity contribution in [3.63, 3.8) is 0 Å². The average Bonchev–Trinajstić information content (AvgIpc) is 1.92. The molecule has 0 N–H and O–H groups in total. The van der Waals surface area contributed by atoms with Crippen molar-refractivity contribution in [1.82, 2.24) is 4.57 Å². The Balaban J connectivity index is 3.23. The molecule has 0 aromatic carbocycles. The maximum Gasteiger partial charge on any atom is 0.250 e. The molecule has 0 bridgehead atoms.